The fraction of sp³-hybridized carbons (Fsp3) is 0.400. The SMILES string of the molecule is CCCn1cc[n+](Cc2c(F)cccc2Cl)c1CC.[Br-]. The summed E-state index contributed by atoms with van der Waals surface area (Å²) < 4.78 is 18.1. The zero-order chi connectivity index (χ0) is 13.8. The van der Waals surface area contributed by atoms with Crippen LogP contribution in [0.15, 0.2) is 30.6 Å². The molecule has 0 atom stereocenters. The lowest BCUT2D eigenvalue weighted by molar-refractivity contribution is -0.695. The first-order chi connectivity index (χ1) is 9.17. The van der Waals surface area contributed by atoms with Gasteiger partial charge in [-0.05, 0) is 18.6 Å². The Bertz CT molecular complexity index is 549. The molecule has 5 heteroatoms. The molecule has 0 saturated carbocycles. The molecule has 0 amide bonds. The molecular formula is C15H19BrClFN2. The number of imidazole rings is 1. The Morgan fingerprint density at radius 3 is 2.65 bits per heavy atom. The van der Waals surface area contributed by atoms with Gasteiger partial charge in [-0.2, -0.15) is 0 Å². The van der Waals surface area contributed by atoms with E-state index < -0.39 is 0 Å². The molecule has 0 bridgehead atoms. The second-order valence-electron chi connectivity index (χ2n) is 4.59. The number of nitrogens with zero attached hydrogens (tertiary/aromatic N) is 2. The van der Waals surface area contributed by atoms with E-state index in [9.17, 15) is 4.39 Å². The van der Waals surface area contributed by atoms with Crippen LogP contribution in [-0.2, 0) is 19.5 Å². The molecule has 20 heavy (non-hydrogen) atoms. The third-order valence-electron chi connectivity index (χ3n) is 3.26. The highest BCUT2D eigenvalue weighted by atomic mass is 79.9. The Morgan fingerprint density at radius 1 is 1.30 bits per heavy atom. The van der Waals surface area contributed by atoms with Crippen molar-refractivity contribution in [3.05, 3.63) is 52.8 Å². The Labute approximate surface area is 135 Å². The third-order valence-corrected chi connectivity index (χ3v) is 3.61. The van der Waals surface area contributed by atoms with Crippen LogP contribution in [0.2, 0.25) is 5.02 Å². The van der Waals surface area contributed by atoms with Gasteiger partial charge in [-0.25, -0.2) is 13.5 Å². The first-order valence-corrected chi connectivity index (χ1v) is 7.05. The maximum absolute atomic E-state index is 13.8. The maximum Gasteiger partial charge on any atom is 0.256 e. The summed E-state index contributed by atoms with van der Waals surface area (Å²) in [7, 11) is 0. The summed E-state index contributed by atoms with van der Waals surface area (Å²) in [6, 6.07) is 4.82. The van der Waals surface area contributed by atoms with Gasteiger partial charge in [0.25, 0.3) is 5.82 Å². The minimum absolute atomic E-state index is 0. The van der Waals surface area contributed by atoms with Crippen LogP contribution in [0.25, 0.3) is 0 Å². The van der Waals surface area contributed by atoms with Crippen molar-refractivity contribution in [2.24, 2.45) is 0 Å². The van der Waals surface area contributed by atoms with E-state index in [1.807, 2.05) is 6.20 Å². The molecule has 0 aliphatic heterocycles. The molecule has 0 aliphatic rings. The molecule has 2 rings (SSSR count). The van der Waals surface area contributed by atoms with Crippen LogP contribution >= 0.6 is 11.6 Å². The van der Waals surface area contributed by atoms with Gasteiger partial charge >= 0.3 is 0 Å². The Hall–Kier alpha value is -0.870. The molecule has 1 aromatic carbocycles. The van der Waals surface area contributed by atoms with Crippen molar-refractivity contribution in [3.8, 4) is 0 Å². The lowest BCUT2D eigenvalue weighted by Gasteiger charge is -2.06. The van der Waals surface area contributed by atoms with Gasteiger partial charge in [-0.3, -0.25) is 0 Å². The Kier molecular flexibility index (Phi) is 6.69. The largest absolute Gasteiger partial charge is 1.00 e. The number of benzene rings is 1. The standard InChI is InChI=1S/C15H19ClFN2.BrH/c1-3-8-18-9-10-19(15(18)4-2)11-12-13(16)6-5-7-14(12)17;/h5-7,9-10H,3-4,8,11H2,1-2H3;1H/q+1;/p-1. The second kappa shape index (κ2) is 7.79. The number of rotatable bonds is 5. The Morgan fingerprint density at radius 2 is 2.05 bits per heavy atom. The van der Waals surface area contributed by atoms with Crippen LogP contribution in [0.3, 0.4) is 0 Å². The second-order valence-corrected chi connectivity index (χ2v) is 5.00. The quantitative estimate of drug-likeness (QED) is 0.690. The molecule has 0 unspecified atom stereocenters. The molecule has 110 valence electrons. The van der Waals surface area contributed by atoms with Crippen molar-refractivity contribution in [3.63, 3.8) is 0 Å². The number of aromatic nitrogens is 2. The van der Waals surface area contributed by atoms with Crippen LogP contribution in [0.1, 0.15) is 31.7 Å². The minimum Gasteiger partial charge on any atom is -1.00 e. The van der Waals surface area contributed by atoms with Gasteiger partial charge in [-0.15, -0.1) is 0 Å². The van der Waals surface area contributed by atoms with Crippen LogP contribution in [-0.4, -0.2) is 4.57 Å². The van der Waals surface area contributed by atoms with Gasteiger partial charge in [0.1, 0.15) is 24.8 Å². The van der Waals surface area contributed by atoms with E-state index in [1.54, 1.807) is 12.1 Å². The summed E-state index contributed by atoms with van der Waals surface area (Å²) in [4.78, 5) is 0. The third kappa shape index (κ3) is 3.61. The van der Waals surface area contributed by atoms with Gasteiger partial charge in [0.15, 0.2) is 0 Å². The van der Waals surface area contributed by atoms with Gasteiger partial charge in [0, 0.05) is 12.0 Å². The molecule has 0 N–H and O–H groups in total. The summed E-state index contributed by atoms with van der Waals surface area (Å²) in [5.74, 6) is 0.950. The molecule has 0 radical (unpaired) electrons. The van der Waals surface area contributed by atoms with E-state index in [0.717, 1.165) is 19.4 Å². The molecule has 1 aromatic heterocycles. The molecule has 2 nitrogen and oxygen atoms in total. The van der Waals surface area contributed by atoms with Crippen molar-refractivity contribution in [2.45, 2.75) is 39.8 Å². The average molecular weight is 362 g/mol. The smallest absolute Gasteiger partial charge is 0.256 e. The highest BCUT2D eigenvalue weighted by Crippen LogP contribution is 2.18. The average Bonchev–Trinajstić information content (AvgIpc) is 2.76. The van der Waals surface area contributed by atoms with Crippen LogP contribution in [0.5, 0.6) is 0 Å². The van der Waals surface area contributed by atoms with E-state index in [2.05, 4.69) is 29.2 Å². The topological polar surface area (TPSA) is 8.81 Å². The van der Waals surface area contributed by atoms with Crippen molar-refractivity contribution < 1.29 is 25.9 Å². The number of hydrogen-bond acceptors (Lipinski definition) is 0. The highest BCUT2D eigenvalue weighted by molar-refractivity contribution is 6.31. The van der Waals surface area contributed by atoms with E-state index in [4.69, 9.17) is 11.6 Å². The van der Waals surface area contributed by atoms with Gasteiger partial charge < -0.3 is 17.0 Å². The summed E-state index contributed by atoms with van der Waals surface area (Å²) in [5.41, 5.74) is 0.554. The maximum atomic E-state index is 13.8. The van der Waals surface area contributed by atoms with E-state index in [0.29, 0.717) is 17.1 Å². The number of aryl methyl sites for hydroxylation is 1. The van der Waals surface area contributed by atoms with E-state index >= 15 is 0 Å². The van der Waals surface area contributed by atoms with E-state index in [-0.39, 0.29) is 22.8 Å². The first kappa shape index (κ1) is 17.2. The van der Waals surface area contributed by atoms with Gasteiger partial charge in [-0.1, -0.05) is 31.5 Å². The fourth-order valence-corrected chi connectivity index (χ4v) is 2.57. The lowest BCUT2D eigenvalue weighted by atomic mass is 10.2. The minimum atomic E-state index is -0.245. The molecule has 0 spiro atoms. The van der Waals surface area contributed by atoms with Crippen LogP contribution < -0.4 is 21.5 Å². The molecular weight excluding hydrogens is 343 g/mol. The molecule has 0 aliphatic carbocycles. The van der Waals surface area contributed by atoms with E-state index in [1.165, 1.54) is 11.9 Å². The first-order valence-electron chi connectivity index (χ1n) is 6.67. The van der Waals surface area contributed by atoms with Crippen LogP contribution in [0, 0.1) is 5.82 Å². The predicted octanol–water partition coefficient (Wildman–Crippen LogP) is 0.593. The zero-order valence-electron chi connectivity index (χ0n) is 11.7. The van der Waals surface area contributed by atoms with Crippen molar-refractivity contribution >= 4 is 11.6 Å². The summed E-state index contributed by atoms with van der Waals surface area (Å²) in [6.45, 7) is 5.73. The summed E-state index contributed by atoms with van der Waals surface area (Å²) in [6.07, 6.45) is 6.05. The lowest BCUT2D eigenvalue weighted by Crippen LogP contribution is -3.00. The Balaban J connectivity index is 0.00000200. The molecule has 0 fully saturated rings. The van der Waals surface area contributed by atoms with Crippen molar-refractivity contribution in [1.29, 1.82) is 0 Å². The van der Waals surface area contributed by atoms with Crippen LogP contribution in [0.4, 0.5) is 4.39 Å². The monoisotopic (exact) mass is 360 g/mol. The fourth-order valence-electron chi connectivity index (χ4n) is 2.35. The molecule has 0 saturated heterocycles. The molecule has 2 aromatic rings. The zero-order valence-corrected chi connectivity index (χ0v) is 14.1. The highest BCUT2D eigenvalue weighted by Gasteiger charge is 2.17. The molecule has 1 heterocycles. The van der Waals surface area contributed by atoms with Gasteiger partial charge in [0.2, 0.25) is 0 Å². The number of halogens is 3. The predicted molar refractivity (Wildman–Crippen MR) is 74.8 cm³/mol. The number of hydrogen-bond donors (Lipinski definition) is 0. The summed E-state index contributed by atoms with van der Waals surface area (Å²) >= 11 is 6.08. The van der Waals surface area contributed by atoms with Crippen molar-refractivity contribution in [2.75, 3.05) is 0 Å². The normalized spacial score (nSPS) is 10.4. The van der Waals surface area contributed by atoms with Gasteiger partial charge in [0.05, 0.1) is 11.6 Å². The van der Waals surface area contributed by atoms with Crippen molar-refractivity contribution in [1.82, 2.24) is 4.57 Å². The summed E-state index contributed by atoms with van der Waals surface area (Å²) in [5, 5.41) is 0.484.